The van der Waals surface area contributed by atoms with E-state index in [-0.39, 0.29) is 28.7 Å². The third-order valence-corrected chi connectivity index (χ3v) is 2.50. The molecular weight excluding hydrogens is 285 g/mol. The summed E-state index contributed by atoms with van der Waals surface area (Å²) in [5.41, 5.74) is -0.523. The summed E-state index contributed by atoms with van der Waals surface area (Å²) in [5, 5.41) is 19.4. The predicted octanol–water partition coefficient (Wildman–Crippen LogP) is 2.32. The minimum absolute atomic E-state index is 0.186. The van der Waals surface area contributed by atoms with Crippen LogP contribution in [0.4, 0.5) is 10.1 Å². The molecule has 1 aromatic heterocycles. The van der Waals surface area contributed by atoms with E-state index in [1.54, 1.807) is 0 Å². The smallest absolute Gasteiger partial charge is 0.354 e. The molecule has 9 heteroatoms. The van der Waals surface area contributed by atoms with Gasteiger partial charge in [0.15, 0.2) is 17.3 Å². The van der Waals surface area contributed by atoms with E-state index in [0.717, 1.165) is 18.3 Å². The van der Waals surface area contributed by atoms with Gasteiger partial charge in [0, 0.05) is 11.8 Å². The summed E-state index contributed by atoms with van der Waals surface area (Å²) in [6.45, 7) is 1.42. The largest absolute Gasteiger partial charge is 0.477 e. The molecule has 0 amide bonds. The summed E-state index contributed by atoms with van der Waals surface area (Å²) >= 11 is 0. The number of aromatic nitrogens is 2. The van der Waals surface area contributed by atoms with Crippen molar-refractivity contribution in [1.82, 2.24) is 9.97 Å². The fourth-order valence-corrected chi connectivity index (χ4v) is 1.53. The van der Waals surface area contributed by atoms with Gasteiger partial charge in [-0.15, -0.1) is 0 Å². The molecule has 1 N–H and O–H groups in total. The van der Waals surface area contributed by atoms with Gasteiger partial charge in [-0.05, 0) is 19.1 Å². The van der Waals surface area contributed by atoms with Crippen molar-refractivity contribution in [1.29, 1.82) is 0 Å². The Kier molecular flexibility index (Phi) is 3.74. The van der Waals surface area contributed by atoms with Crippen molar-refractivity contribution in [2.75, 3.05) is 0 Å². The number of carboxylic acid groups (broad SMARTS) is 1. The third kappa shape index (κ3) is 3.08. The minimum atomic E-state index is -1.29. The number of benzene rings is 1. The lowest BCUT2D eigenvalue weighted by molar-refractivity contribution is -0.385. The summed E-state index contributed by atoms with van der Waals surface area (Å²) in [4.78, 5) is 27.9. The molecule has 0 spiro atoms. The lowest BCUT2D eigenvalue weighted by atomic mass is 10.2. The number of nitro groups is 1. The average molecular weight is 293 g/mol. The topological polar surface area (TPSA) is 115 Å². The van der Waals surface area contributed by atoms with Gasteiger partial charge in [-0.3, -0.25) is 10.1 Å². The summed E-state index contributed by atoms with van der Waals surface area (Å²) in [6.07, 6.45) is 1.14. The second-order valence-electron chi connectivity index (χ2n) is 3.96. The number of aromatic carboxylic acids is 1. The van der Waals surface area contributed by atoms with Gasteiger partial charge in [0.05, 0.1) is 11.0 Å². The zero-order valence-electron chi connectivity index (χ0n) is 10.6. The summed E-state index contributed by atoms with van der Waals surface area (Å²) < 4.78 is 18.8. The molecule has 1 aromatic carbocycles. The number of carbonyl (C=O) groups is 1. The Morgan fingerprint density at radius 2 is 2.19 bits per heavy atom. The number of hydrogen-bond acceptors (Lipinski definition) is 6. The van der Waals surface area contributed by atoms with Crippen molar-refractivity contribution in [3.8, 4) is 11.8 Å². The molecule has 1 heterocycles. The maximum atomic E-state index is 13.7. The van der Waals surface area contributed by atoms with Crippen LogP contribution >= 0.6 is 0 Å². The number of rotatable bonds is 4. The predicted molar refractivity (Wildman–Crippen MR) is 66.9 cm³/mol. The van der Waals surface area contributed by atoms with E-state index in [9.17, 15) is 19.3 Å². The lowest BCUT2D eigenvalue weighted by Gasteiger charge is -2.06. The van der Waals surface area contributed by atoms with Gasteiger partial charge in [-0.25, -0.2) is 14.2 Å². The van der Waals surface area contributed by atoms with E-state index in [1.807, 2.05) is 0 Å². The van der Waals surface area contributed by atoms with E-state index in [1.165, 1.54) is 6.92 Å². The van der Waals surface area contributed by atoms with Crippen LogP contribution < -0.4 is 4.74 Å². The Hall–Kier alpha value is -3.10. The van der Waals surface area contributed by atoms with E-state index in [0.29, 0.717) is 6.07 Å². The zero-order valence-corrected chi connectivity index (χ0v) is 10.6. The fraction of sp³-hybridized carbons (Fsp3) is 0.0833. The molecule has 0 aliphatic heterocycles. The molecule has 0 bridgehead atoms. The number of nitro benzene ring substituents is 1. The third-order valence-electron chi connectivity index (χ3n) is 2.50. The second-order valence-corrected chi connectivity index (χ2v) is 3.96. The molecule has 0 saturated heterocycles. The van der Waals surface area contributed by atoms with Crippen LogP contribution in [0.5, 0.6) is 11.8 Å². The SMILES string of the molecule is Cc1cc(Oc2nccc(C(=O)O)n2)c(F)cc1[N+](=O)[O-]. The molecule has 0 atom stereocenters. The van der Waals surface area contributed by atoms with Crippen molar-refractivity contribution < 1.29 is 24.0 Å². The van der Waals surface area contributed by atoms with Gasteiger partial charge in [-0.1, -0.05) is 0 Å². The first-order valence-electron chi connectivity index (χ1n) is 5.57. The number of ether oxygens (including phenoxy) is 1. The van der Waals surface area contributed by atoms with E-state index in [2.05, 4.69) is 9.97 Å². The first-order chi connectivity index (χ1) is 9.88. The maximum Gasteiger partial charge on any atom is 0.354 e. The van der Waals surface area contributed by atoms with Crippen molar-refractivity contribution in [2.24, 2.45) is 0 Å². The van der Waals surface area contributed by atoms with Crippen molar-refractivity contribution in [3.63, 3.8) is 0 Å². The summed E-state index contributed by atoms with van der Waals surface area (Å²) in [5.74, 6) is -2.60. The number of halogens is 1. The van der Waals surface area contributed by atoms with E-state index >= 15 is 0 Å². The lowest BCUT2D eigenvalue weighted by Crippen LogP contribution is -2.03. The molecule has 21 heavy (non-hydrogen) atoms. The number of nitrogens with zero attached hydrogens (tertiary/aromatic N) is 3. The van der Waals surface area contributed by atoms with Gasteiger partial charge >= 0.3 is 12.0 Å². The molecular formula is C12H8FN3O5. The van der Waals surface area contributed by atoms with Gasteiger partial charge in [0.25, 0.3) is 5.69 Å². The van der Waals surface area contributed by atoms with Gasteiger partial charge in [0.2, 0.25) is 0 Å². The minimum Gasteiger partial charge on any atom is -0.477 e. The molecule has 0 saturated carbocycles. The van der Waals surface area contributed by atoms with Crippen LogP contribution in [0, 0.1) is 22.9 Å². The normalized spacial score (nSPS) is 10.2. The second kappa shape index (κ2) is 5.49. The van der Waals surface area contributed by atoms with Crippen LogP contribution in [-0.4, -0.2) is 26.0 Å². The van der Waals surface area contributed by atoms with Gasteiger partial charge < -0.3 is 9.84 Å². The maximum absolute atomic E-state index is 13.7. The average Bonchev–Trinajstić information content (AvgIpc) is 2.42. The molecule has 0 aliphatic rings. The fourth-order valence-electron chi connectivity index (χ4n) is 1.53. The van der Waals surface area contributed by atoms with Gasteiger partial charge in [0.1, 0.15) is 0 Å². The highest BCUT2D eigenvalue weighted by molar-refractivity contribution is 5.85. The highest BCUT2D eigenvalue weighted by atomic mass is 19.1. The Labute approximate surface area is 117 Å². The first kappa shape index (κ1) is 14.3. The molecule has 2 rings (SSSR count). The summed E-state index contributed by atoms with van der Waals surface area (Å²) in [6, 6.07) is 2.60. The van der Waals surface area contributed by atoms with Crippen molar-refractivity contribution in [3.05, 3.63) is 51.6 Å². The number of carboxylic acids is 1. The highest BCUT2D eigenvalue weighted by Crippen LogP contribution is 2.29. The van der Waals surface area contributed by atoms with Crippen molar-refractivity contribution >= 4 is 11.7 Å². The number of aryl methyl sites for hydroxylation is 1. The van der Waals surface area contributed by atoms with Crippen LogP contribution in [0.2, 0.25) is 0 Å². The Morgan fingerprint density at radius 1 is 1.48 bits per heavy atom. The monoisotopic (exact) mass is 293 g/mol. The Bertz CT molecular complexity index is 735. The molecule has 8 nitrogen and oxygen atoms in total. The van der Waals surface area contributed by atoms with Crippen LogP contribution in [0.25, 0.3) is 0 Å². The van der Waals surface area contributed by atoms with Crippen molar-refractivity contribution in [2.45, 2.75) is 6.92 Å². The highest BCUT2D eigenvalue weighted by Gasteiger charge is 2.18. The van der Waals surface area contributed by atoms with Crippen LogP contribution in [0.1, 0.15) is 16.1 Å². The Morgan fingerprint density at radius 3 is 2.81 bits per heavy atom. The molecule has 108 valence electrons. The van der Waals surface area contributed by atoms with Gasteiger partial charge in [-0.2, -0.15) is 4.98 Å². The van der Waals surface area contributed by atoms with Crippen LogP contribution in [-0.2, 0) is 0 Å². The quantitative estimate of drug-likeness (QED) is 0.679. The first-order valence-corrected chi connectivity index (χ1v) is 5.57. The zero-order chi connectivity index (χ0) is 15.6. The Balaban J connectivity index is 2.36. The molecule has 0 fully saturated rings. The van der Waals surface area contributed by atoms with Crippen LogP contribution in [0.3, 0.4) is 0 Å². The van der Waals surface area contributed by atoms with Crippen LogP contribution in [0.15, 0.2) is 24.4 Å². The summed E-state index contributed by atoms with van der Waals surface area (Å²) in [7, 11) is 0. The standard InChI is InChI=1S/C12H8FN3O5/c1-6-4-10(7(13)5-9(6)16(19)20)21-12-14-3-2-8(15-12)11(17)18/h2-5H,1H3,(H,17,18). The van der Waals surface area contributed by atoms with E-state index in [4.69, 9.17) is 9.84 Å². The molecule has 0 aliphatic carbocycles. The number of hydrogen-bond donors (Lipinski definition) is 1. The molecule has 0 radical (unpaired) electrons. The molecule has 2 aromatic rings. The molecule has 0 unspecified atom stereocenters. The van der Waals surface area contributed by atoms with E-state index < -0.39 is 16.7 Å².